The van der Waals surface area contributed by atoms with Gasteiger partial charge >= 0.3 is 6.09 Å². The van der Waals surface area contributed by atoms with Gasteiger partial charge in [-0.2, -0.15) is 5.10 Å². The molecule has 0 saturated carbocycles. The second-order valence-corrected chi connectivity index (χ2v) is 8.23. The van der Waals surface area contributed by atoms with Crippen molar-refractivity contribution in [3.63, 3.8) is 0 Å². The van der Waals surface area contributed by atoms with E-state index >= 15 is 0 Å². The monoisotopic (exact) mass is 437 g/mol. The van der Waals surface area contributed by atoms with Crippen molar-refractivity contribution < 1.29 is 19.1 Å². The lowest BCUT2D eigenvalue weighted by atomic mass is 10.2. The second kappa shape index (κ2) is 9.95. The number of aromatic amines is 1. The first-order valence-electron chi connectivity index (χ1n) is 10.3. The van der Waals surface area contributed by atoms with Gasteiger partial charge in [0, 0.05) is 29.6 Å². The Kier molecular flexibility index (Phi) is 7.09. The van der Waals surface area contributed by atoms with Gasteiger partial charge in [-0.3, -0.25) is 14.7 Å². The maximum Gasteiger partial charge on any atom is 0.407 e. The standard InChI is InChI=1S/C23H27N5O4/c1-23(2,3)32-22(31)24-13-7-10-19(29)25-16-11-12-18-17(14-16)20(28-27-18)26-21(30)15-8-5-4-6-9-15/h4-6,8-9,11-12,14H,7,10,13H2,1-3H3,(H,24,31)(H,25,29)(H2,26,27,28,30). The highest BCUT2D eigenvalue weighted by atomic mass is 16.6. The smallest absolute Gasteiger partial charge is 0.407 e. The lowest BCUT2D eigenvalue weighted by Crippen LogP contribution is -2.33. The number of rotatable bonds is 7. The number of H-pyrrole nitrogens is 1. The van der Waals surface area contributed by atoms with Crippen LogP contribution in [0.25, 0.3) is 10.9 Å². The Morgan fingerprint density at radius 3 is 2.50 bits per heavy atom. The van der Waals surface area contributed by atoms with Gasteiger partial charge in [0.15, 0.2) is 5.82 Å². The molecule has 0 aliphatic rings. The molecule has 0 atom stereocenters. The number of alkyl carbamates (subject to hydrolysis) is 1. The Hall–Kier alpha value is -3.88. The summed E-state index contributed by atoms with van der Waals surface area (Å²) in [5, 5.41) is 15.9. The zero-order valence-corrected chi connectivity index (χ0v) is 18.3. The van der Waals surface area contributed by atoms with Crippen LogP contribution in [0.3, 0.4) is 0 Å². The molecule has 0 bridgehead atoms. The number of benzene rings is 2. The average molecular weight is 438 g/mol. The van der Waals surface area contributed by atoms with Crippen molar-refractivity contribution in [3.05, 3.63) is 54.1 Å². The molecule has 168 valence electrons. The highest BCUT2D eigenvalue weighted by Gasteiger charge is 2.16. The number of nitrogens with zero attached hydrogens (tertiary/aromatic N) is 1. The molecule has 32 heavy (non-hydrogen) atoms. The fourth-order valence-electron chi connectivity index (χ4n) is 2.93. The highest BCUT2D eigenvalue weighted by Crippen LogP contribution is 2.24. The summed E-state index contributed by atoms with van der Waals surface area (Å²) in [5.74, 6) is -0.0776. The third-order valence-electron chi connectivity index (χ3n) is 4.36. The predicted molar refractivity (Wildman–Crippen MR) is 123 cm³/mol. The molecule has 1 aromatic heterocycles. The fourth-order valence-corrected chi connectivity index (χ4v) is 2.93. The molecule has 9 heteroatoms. The fraction of sp³-hybridized carbons (Fsp3) is 0.304. The number of hydrogen-bond acceptors (Lipinski definition) is 5. The lowest BCUT2D eigenvalue weighted by Gasteiger charge is -2.19. The maximum absolute atomic E-state index is 12.4. The van der Waals surface area contributed by atoms with Crippen LogP contribution in [0.2, 0.25) is 0 Å². The lowest BCUT2D eigenvalue weighted by molar-refractivity contribution is -0.116. The number of hydrogen-bond donors (Lipinski definition) is 4. The molecule has 0 spiro atoms. The zero-order valence-electron chi connectivity index (χ0n) is 18.3. The zero-order chi connectivity index (χ0) is 23.1. The molecule has 3 aromatic rings. The highest BCUT2D eigenvalue weighted by molar-refractivity contribution is 6.08. The first-order valence-corrected chi connectivity index (χ1v) is 10.3. The van der Waals surface area contributed by atoms with E-state index in [-0.39, 0.29) is 18.2 Å². The van der Waals surface area contributed by atoms with Crippen molar-refractivity contribution in [2.24, 2.45) is 0 Å². The Labute approximate surface area is 185 Å². The normalized spacial score (nSPS) is 11.1. The third kappa shape index (κ3) is 6.56. The van der Waals surface area contributed by atoms with Crippen LogP contribution in [0.15, 0.2) is 48.5 Å². The summed E-state index contributed by atoms with van der Waals surface area (Å²) in [5.41, 5.74) is 1.27. The number of ether oxygens (including phenoxy) is 1. The van der Waals surface area contributed by atoms with E-state index in [9.17, 15) is 14.4 Å². The van der Waals surface area contributed by atoms with Crippen molar-refractivity contribution in [2.75, 3.05) is 17.2 Å². The molecular weight excluding hydrogens is 410 g/mol. The molecule has 0 aliphatic carbocycles. The van der Waals surface area contributed by atoms with Crippen LogP contribution >= 0.6 is 0 Å². The number of fused-ring (bicyclic) bond motifs is 1. The molecule has 3 amide bonds. The minimum atomic E-state index is -0.563. The Bertz CT molecular complexity index is 1100. The minimum Gasteiger partial charge on any atom is -0.444 e. The van der Waals surface area contributed by atoms with Crippen molar-refractivity contribution in [3.8, 4) is 0 Å². The average Bonchev–Trinajstić information content (AvgIpc) is 3.12. The Balaban J connectivity index is 1.54. The van der Waals surface area contributed by atoms with Crippen molar-refractivity contribution in [1.29, 1.82) is 0 Å². The topological polar surface area (TPSA) is 125 Å². The van der Waals surface area contributed by atoms with E-state index in [1.165, 1.54) is 0 Å². The van der Waals surface area contributed by atoms with Gasteiger partial charge in [-0.15, -0.1) is 0 Å². The number of nitrogens with one attached hydrogen (secondary N) is 4. The summed E-state index contributed by atoms with van der Waals surface area (Å²) < 4.78 is 5.15. The van der Waals surface area contributed by atoms with Crippen LogP contribution < -0.4 is 16.0 Å². The number of carbonyl (C=O) groups is 3. The largest absolute Gasteiger partial charge is 0.444 e. The van der Waals surface area contributed by atoms with Gasteiger partial charge in [0.05, 0.1) is 5.52 Å². The molecule has 0 aliphatic heterocycles. The second-order valence-electron chi connectivity index (χ2n) is 8.23. The molecule has 0 radical (unpaired) electrons. The van der Waals surface area contributed by atoms with E-state index in [1.54, 1.807) is 63.2 Å². The van der Waals surface area contributed by atoms with E-state index in [0.717, 1.165) is 5.52 Å². The van der Waals surface area contributed by atoms with Crippen LogP contribution in [0.1, 0.15) is 44.0 Å². The Morgan fingerprint density at radius 2 is 1.78 bits per heavy atom. The van der Waals surface area contributed by atoms with Crippen LogP contribution in [-0.4, -0.2) is 40.3 Å². The maximum atomic E-state index is 12.4. The summed E-state index contributed by atoms with van der Waals surface area (Å²) in [6.07, 6.45) is 0.197. The van der Waals surface area contributed by atoms with Crippen molar-refractivity contribution >= 4 is 40.3 Å². The third-order valence-corrected chi connectivity index (χ3v) is 4.36. The van der Waals surface area contributed by atoms with Gasteiger partial charge in [-0.1, -0.05) is 18.2 Å². The summed E-state index contributed by atoms with van der Waals surface area (Å²) in [6.45, 7) is 5.69. The van der Waals surface area contributed by atoms with Crippen LogP contribution in [-0.2, 0) is 9.53 Å². The minimum absolute atomic E-state index is 0.186. The van der Waals surface area contributed by atoms with E-state index in [2.05, 4.69) is 26.1 Å². The van der Waals surface area contributed by atoms with Crippen LogP contribution in [0.4, 0.5) is 16.3 Å². The molecular formula is C23H27N5O4. The molecule has 2 aromatic carbocycles. The first kappa shape index (κ1) is 22.8. The van der Waals surface area contributed by atoms with E-state index in [1.807, 2.05) is 6.07 Å². The van der Waals surface area contributed by atoms with Crippen LogP contribution in [0, 0.1) is 0 Å². The summed E-state index contributed by atoms with van der Waals surface area (Å²) in [4.78, 5) is 36.3. The van der Waals surface area contributed by atoms with Gasteiger partial charge in [-0.25, -0.2) is 4.79 Å². The number of anilines is 2. The number of amides is 3. The molecule has 0 unspecified atom stereocenters. The summed E-state index contributed by atoms with van der Waals surface area (Å²) >= 11 is 0. The van der Waals surface area contributed by atoms with E-state index in [0.29, 0.717) is 35.4 Å². The van der Waals surface area contributed by atoms with Gasteiger partial charge in [0.2, 0.25) is 5.91 Å². The molecule has 4 N–H and O–H groups in total. The molecule has 9 nitrogen and oxygen atoms in total. The first-order chi connectivity index (χ1) is 15.2. The quantitative estimate of drug-likeness (QED) is 0.415. The van der Waals surface area contributed by atoms with Gasteiger partial charge in [-0.05, 0) is 57.5 Å². The number of aromatic nitrogens is 2. The van der Waals surface area contributed by atoms with Crippen molar-refractivity contribution in [1.82, 2.24) is 15.5 Å². The molecule has 3 rings (SSSR count). The van der Waals surface area contributed by atoms with E-state index < -0.39 is 11.7 Å². The summed E-state index contributed by atoms with van der Waals surface area (Å²) in [7, 11) is 0. The van der Waals surface area contributed by atoms with Gasteiger partial charge < -0.3 is 20.7 Å². The predicted octanol–water partition coefficient (Wildman–Crippen LogP) is 4.06. The molecule has 0 fully saturated rings. The van der Waals surface area contributed by atoms with Crippen LogP contribution in [0.5, 0.6) is 0 Å². The SMILES string of the molecule is CC(C)(C)OC(=O)NCCCC(=O)Nc1ccc2[nH]nc(NC(=O)c3ccccc3)c2c1. The van der Waals surface area contributed by atoms with Crippen molar-refractivity contribution in [2.45, 2.75) is 39.2 Å². The molecule has 1 heterocycles. The van der Waals surface area contributed by atoms with Gasteiger partial charge in [0.25, 0.3) is 5.91 Å². The number of carbonyl (C=O) groups excluding carboxylic acids is 3. The van der Waals surface area contributed by atoms with Gasteiger partial charge in [0.1, 0.15) is 5.60 Å². The Morgan fingerprint density at radius 1 is 1.03 bits per heavy atom. The molecule has 0 saturated heterocycles. The summed E-state index contributed by atoms with van der Waals surface area (Å²) in [6, 6.07) is 14.1. The van der Waals surface area contributed by atoms with E-state index in [4.69, 9.17) is 4.74 Å².